The Kier molecular flexibility index (Phi) is 2.99. The van der Waals surface area contributed by atoms with Crippen LogP contribution < -0.4 is 4.72 Å². The summed E-state index contributed by atoms with van der Waals surface area (Å²) in [5.41, 5.74) is -0.117. The molecule has 1 aromatic carbocycles. The zero-order chi connectivity index (χ0) is 13.2. The van der Waals surface area contributed by atoms with Gasteiger partial charge in [0.15, 0.2) is 0 Å². The molecule has 2 aromatic rings. The number of nitriles is 1. The first-order valence-electron chi connectivity index (χ1n) is 4.74. The van der Waals surface area contributed by atoms with E-state index in [9.17, 15) is 12.8 Å². The van der Waals surface area contributed by atoms with Gasteiger partial charge in [-0.15, -0.1) is 0 Å². The lowest BCUT2D eigenvalue weighted by atomic mass is 10.2. The van der Waals surface area contributed by atoms with Gasteiger partial charge in [-0.2, -0.15) is 10.4 Å². The summed E-state index contributed by atoms with van der Waals surface area (Å²) in [6.07, 6.45) is 2.27. The average Bonchev–Trinajstić information content (AvgIpc) is 2.86. The maximum absolute atomic E-state index is 13.5. The highest BCUT2D eigenvalue weighted by Crippen LogP contribution is 2.19. The lowest BCUT2D eigenvalue weighted by Crippen LogP contribution is -2.13. The topological polar surface area (TPSA) is 98.6 Å². The Balaban J connectivity index is 2.33. The number of nitrogens with zero attached hydrogens (tertiary/aromatic N) is 2. The molecule has 0 bridgehead atoms. The molecule has 1 heterocycles. The molecule has 0 aliphatic rings. The third kappa shape index (κ3) is 2.31. The molecule has 0 atom stereocenters. The molecule has 2 rings (SSSR count). The lowest BCUT2D eigenvalue weighted by molar-refractivity contribution is 0.598. The normalized spacial score (nSPS) is 10.9. The van der Waals surface area contributed by atoms with Crippen LogP contribution in [0.3, 0.4) is 0 Å². The van der Waals surface area contributed by atoms with Gasteiger partial charge in [-0.05, 0) is 18.2 Å². The van der Waals surface area contributed by atoms with E-state index in [2.05, 4.69) is 14.9 Å². The van der Waals surface area contributed by atoms with Crippen molar-refractivity contribution < 1.29 is 12.8 Å². The van der Waals surface area contributed by atoms with Crippen molar-refractivity contribution in [2.45, 2.75) is 4.90 Å². The molecule has 0 aliphatic heterocycles. The first-order chi connectivity index (χ1) is 8.53. The molecule has 0 aliphatic carbocycles. The standard InChI is InChI=1S/C10H7FN4O2S/c11-9-3-7(4-12)1-2-10(9)15-18(16,17)8-5-13-14-6-8/h1-3,5-6,15H,(H,13,14). The van der Waals surface area contributed by atoms with Gasteiger partial charge < -0.3 is 0 Å². The smallest absolute Gasteiger partial charge is 0.265 e. The second-order valence-corrected chi connectivity index (χ2v) is 5.03. The van der Waals surface area contributed by atoms with Crippen LogP contribution in [0, 0.1) is 17.1 Å². The largest absolute Gasteiger partial charge is 0.284 e. The number of rotatable bonds is 3. The van der Waals surface area contributed by atoms with E-state index in [1.54, 1.807) is 6.07 Å². The first kappa shape index (κ1) is 12.1. The monoisotopic (exact) mass is 266 g/mol. The Labute approximate surface area is 102 Å². The quantitative estimate of drug-likeness (QED) is 0.872. The van der Waals surface area contributed by atoms with Crippen LogP contribution in [0.1, 0.15) is 5.56 Å². The van der Waals surface area contributed by atoms with Crippen molar-refractivity contribution in [3.8, 4) is 6.07 Å². The second-order valence-electron chi connectivity index (χ2n) is 3.35. The number of sulfonamides is 1. The van der Waals surface area contributed by atoms with Crippen molar-refractivity contribution in [2.24, 2.45) is 0 Å². The van der Waals surface area contributed by atoms with Gasteiger partial charge in [-0.3, -0.25) is 9.82 Å². The third-order valence-corrected chi connectivity index (χ3v) is 3.46. The Bertz CT molecular complexity index is 704. The zero-order valence-corrected chi connectivity index (χ0v) is 9.70. The molecule has 1 aromatic heterocycles. The van der Waals surface area contributed by atoms with Crippen LogP contribution in [-0.4, -0.2) is 18.6 Å². The van der Waals surface area contributed by atoms with Gasteiger partial charge in [0.2, 0.25) is 0 Å². The number of halogens is 1. The van der Waals surface area contributed by atoms with Gasteiger partial charge in [0.25, 0.3) is 10.0 Å². The van der Waals surface area contributed by atoms with Gasteiger partial charge in [0.1, 0.15) is 10.7 Å². The molecule has 0 spiro atoms. The van der Waals surface area contributed by atoms with Crippen molar-refractivity contribution in [3.05, 3.63) is 42.0 Å². The van der Waals surface area contributed by atoms with Crippen LogP contribution in [0.15, 0.2) is 35.5 Å². The summed E-state index contributed by atoms with van der Waals surface area (Å²) in [5.74, 6) is -0.818. The lowest BCUT2D eigenvalue weighted by Gasteiger charge is -2.07. The summed E-state index contributed by atoms with van der Waals surface area (Å²) in [7, 11) is -3.88. The molecule has 0 fully saturated rings. The number of hydrogen-bond acceptors (Lipinski definition) is 4. The number of anilines is 1. The molecule has 92 valence electrons. The molecule has 0 saturated heterocycles. The number of aromatic nitrogens is 2. The van der Waals surface area contributed by atoms with E-state index < -0.39 is 15.8 Å². The van der Waals surface area contributed by atoms with E-state index in [-0.39, 0.29) is 16.1 Å². The van der Waals surface area contributed by atoms with E-state index in [0.717, 1.165) is 12.3 Å². The van der Waals surface area contributed by atoms with Crippen molar-refractivity contribution in [1.82, 2.24) is 10.2 Å². The molecular formula is C10H7FN4O2S. The van der Waals surface area contributed by atoms with E-state index >= 15 is 0 Å². The molecular weight excluding hydrogens is 259 g/mol. The summed E-state index contributed by atoms with van der Waals surface area (Å²) in [6.45, 7) is 0. The number of benzene rings is 1. The summed E-state index contributed by atoms with van der Waals surface area (Å²) >= 11 is 0. The number of H-pyrrole nitrogens is 1. The van der Waals surface area contributed by atoms with Crippen molar-refractivity contribution >= 4 is 15.7 Å². The van der Waals surface area contributed by atoms with Crippen LogP contribution in [-0.2, 0) is 10.0 Å². The van der Waals surface area contributed by atoms with E-state index in [1.165, 1.54) is 18.3 Å². The van der Waals surface area contributed by atoms with Crippen molar-refractivity contribution in [3.63, 3.8) is 0 Å². The molecule has 0 amide bonds. The highest BCUT2D eigenvalue weighted by atomic mass is 32.2. The van der Waals surface area contributed by atoms with Gasteiger partial charge in [-0.1, -0.05) is 0 Å². The van der Waals surface area contributed by atoms with E-state index in [4.69, 9.17) is 5.26 Å². The van der Waals surface area contributed by atoms with E-state index in [1.807, 2.05) is 0 Å². The molecule has 6 nitrogen and oxygen atoms in total. The minimum Gasteiger partial charge on any atom is -0.284 e. The fourth-order valence-electron chi connectivity index (χ4n) is 1.26. The minimum absolute atomic E-state index is 0.105. The van der Waals surface area contributed by atoms with Crippen LogP contribution in [0.25, 0.3) is 0 Å². The predicted octanol–water partition coefficient (Wildman–Crippen LogP) is 1.22. The SMILES string of the molecule is N#Cc1ccc(NS(=O)(=O)c2cn[nH]c2)c(F)c1. The Hall–Kier alpha value is -2.40. The van der Waals surface area contributed by atoms with Gasteiger partial charge >= 0.3 is 0 Å². The predicted molar refractivity (Wildman–Crippen MR) is 60.5 cm³/mol. The van der Waals surface area contributed by atoms with Crippen LogP contribution in [0.5, 0.6) is 0 Å². The molecule has 0 unspecified atom stereocenters. The van der Waals surface area contributed by atoms with Gasteiger partial charge in [0.05, 0.1) is 23.5 Å². The molecule has 0 saturated carbocycles. The van der Waals surface area contributed by atoms with Crippen molar-refractivity contribution in [2.75, 3.05) is 4.72 Å². The van der Waals surface area contributed by atoms with Gasteiger partial charge in [-0.25, -0.2) is 12.8 Å². The Morgan fingerprint density at radius 2 is 2.22 bits per heavy atom. The molecule has 8 heteroatoms. The Morgan fingerprint density at radius 3 is 2.78 bits per heavy atom. The number of hydrogen-bond donors (Lipinski definition) is 2. The zero-order valence-electron chi connectivity index (χ0n) is 8.88. The fourth-order valence-corrected chi connectivity index (χ4v) is 2.23. The summed E-state index contributed by atoms with van der Waals surface area (Å²) < 4.78 is 39.1. The van der Waals surface area contributed by atoms with Crippen LogP contribution in [0.2, 0.25) is 0 Å². The Morgan fingerprint density at radius 1 is 1.44 bits per heavy atom. The molecule has 2 N–H and O–H groups in total. The summed E-state index contributed by atoms with van der Waals surface area (Å²) in [4.78, 5) is -0.105. The van der Waals surface area contributed by atoms with Crippen LogP contribution in [0.4, 0.5) is 10.1 Å². The highest BCUT2D eigenvalue weighted by Gasteiger charge is 2.17. The number of aromatic amines is 1. The maximum atomic E-state index is 13.5. The number of nitrogens with one attached hydrogen (secondary N) is 2. The molecule has 0 radical (unpaired) electrons. The first-order valence-corrected chi connectivity index (χ1v) is 6.22. The summed E-state index contributed by atoms with van der Waals surface area (Å²) in [6, 6.07) is 5.21. The van der Waals surface area contributed by atoms with E-state index in [0.29, 0.717) is 0 Å². The fraction of sp³-hybridized carbons (Fsp3) is 0. The minimum atomic E-state index is -3.88. The highest BCUT2D eigenvalue weighted by molar-refractivity contribution is 7.92. The second kappa shape index (κ2) is 4.46. The summed E-state index contributed by atoms with van der Waals surface area (Å²) in [5, 5.41) is 14.4. The average molecular weight is 266 g/mol. The van der Waals surface area contributed by atoms with Crippen molar-refractivity contribution in [1.29, 1.82) is 5.26 Å². The van der Waals surface area contributed by atoms with Crippen LogP contribution >= 0.6 is 0 Å². The maximum Gasteiger partial charge on any atom is 0.265 e. The molecule has 18 heavy (non-hydrogen) atoms. The third-order valence-electron chi connectivity index (χ3n) is 2.13. The van der Waals surface area contributed by atoms with Gasteiger partial charge in [0, 0.05) is 6.20 Å².